The van der Waals surface area contributed by atoms with Crippen LogP contribution in [0.4, 0.5) is 0 Å². The minimum atomic E-state index is 0. The minimum absolute atomic E-state index is 0. The summed E-state index contributed by atoms with van der Waals surface area (Å²) in [5, 5.41) is 0. The lowest BCUT2D eigenvalue weighted by molar-refractivity contribution is -0.929. The van der Waals surface area contributed by atoms with Crippen LogP contribution in [0.1, 0.15) is 150 Å². The second-order valence-corrected chi connectivity index (χ2v) is 9.54. The second-order valence-electron chi connectivity index (χ2n) is 9.54. The maximum atomic E-state index is 2.34. The van der Waals surface area contributed by atoms with Gasteiger partial charge in [-0.1, -0.05) is 98.3 Å². The molecule has 29 heavy (non-hydrogen) atoms. The molecule has 0 spiro atoms. The summed E-state index contributed by atoms with van der Waals surface area (Å²) in [6, 6.07) is 0. The Hall–Kier alpha value is 0.440. The average molecular weight is 477 g/mol. The number of halogens is 1. The van der Waals surface area contributed by atoms with Crippen molar-refractivity contribution in [3.05, 3.63) is 0 Å². The first-order valence-corrected chi connectivity index (χ1v) is 13.6. The van der Waals surface area contributed by atoms with E-state index < -0.39 is 0 Å². The van der Waals surface area contributed by atoms with E-state index in [-0.39, 0.29) is 17.0 Å². The highest BCUT2D eigenvalue weighted by atomic mass is 79.9. The molecular formula is C27H58BrN. The molecule has 0 N–H and O–H groups in total. The smallest absolute Gasteiger partial charge is 0.0786 e. The van der Waals surface area contributed by atoms with Crippen molar-refractivity contribution in [2.45, 2.75) is 150 Å². The van der Waals surface area contributed by atoms with E-state index in [0.717, 1.165) is 0 Å². The Labute approximate surface area is 197 Å². The molecule has 0 heterocycles. The summed E-state index contributed by atoms with van der Waals surface area (Å²) in [5.74, 6) is 0. The summed E-state index contributed by atoms with van der Waals surface area (Å²) >= 11 is 0. The van der Waals surface area contributed by atoms with E-state index in [0.29, 0.717) is 0 Å². The Morgan fingerprint density at radius 3 is 0.759 bits per heavy atom. The van der Waals surface area contributed by atoms with Gasteiger partial charge in [-0.25, -0.2) is 0 Å². The van der Waals surface area contributed by atoms with Crippen LogP contribution in [0.3, 0.4) is 0 Å². The number of unbranched alkanes of at least 4 members (excludes halogenated alkanes) is 15. The molecular weight excluding hydrogens is 418 g/mol. The third kappa shape index (κ3) is 20.1. The fraction of sp³-hybridized carbons (Fsp3) is 1.00. The third-order valence-electron chi connectivity index (χ3n) is 6.69. The van der Waals surface area contributed by atoms with E-state index in [1.807, 2.05) is 0 Å². The minimum Gasteiger partial charge on any atom is -1.00 e. The zero-order valence-corrected chi connectivity index (χ0v) is 22.7. The average Bonchev–Trinajstić information content (AvgIpc) is 2.70. The van der Waals surface area contributed by atoms with E-state index in [4.69, 9.17) is 0 Å². The lowest BCUT2D eigenvalue weighted by Gasteiger charge is -2.39. The standard InChI is InChI=1S/C27H58N.BrH/c1-5-9-13-17-21-25-28(24-20-16-12-8-4,26-22-18-14-10-6-2)27-23-19-15-11-7-3;/h5-27H2,1-4H3;1H/q+1;/p-1. The molecule has 0 amide bonds. The molecule has 2 heteroatoms. The van der Waals surface area contributed by atoms with Crippen molar-refractivity contribution in [1.82, 2.24) is 0 Å². The highest BCUT2D eigenvalue weighted by Crippen LogP contribution is 2.20. The summed E-state index contributed by atoms with van der Waals surface area (Å²) < 4.78 is 1.47. The van der Waals surface area contributed by atoms with Gasteiger partial charge in [0.25, 0.3) is 0 Å². The number of quaternary nitrogens is 1. The van der Waals surface area contributed by atoms with Gasteiger partial charge in [0.15, 0.2) is 0 Å². The molecule has 0 aliphatic heterocycles. The molecule has 0 bridgehead atoms. The van der Waals surface area contributed by atoms with Crippen molar-refractivity contribution in [3.8, 4) is 0 Å². The van der Waals surface area contributed by atoms with Crippen LogP contribution in [0.15, 0.2) is 0 Å². The summed E-state index contributed by atoms with van der Waals surface area (Å²) in [6.45, 7) is 15.2. The molecule has 0 aromatic heterocycles. The van der Waals surface area contributed by atoms with Gasteiger partial charge in [0, 0.05) is 0 Å². The van der Waals surface area contributed by atoms with Crippen molar-refractivity contribution in [1.29, 1.82) is 0 Å². The van der Waals surface area contributed by atoms with Crippen LogP contribution in [0.2, 0.25) is 0 Å². The molecule has 0 rings (SSSR count). The van der Waals surface area contributed by atoms with Gasteiger partial charge in [-0.2, -0.15) is 0 Å². The van der Waals surface area contributed by atoms with Crippen LogP contribution in [0.5, 0.6) is 0 Å². The molecule has 0 atom stereocenters. The molecule has 1 nitrogen and oxygen atoms in total. The van der Waals surface area contributed by atoms with E-state index in [9.17, 15) is 0 Å². The zero-order valence-electron chi connectivity index (χ0n) is 21.1. The SMILES string of the molecule is CCCCCCC[N+](CCCCCC)(CCCCCCC)CCCCCCC.[Br-]. The molecule has 178 valence electrons. The first-order valence-electron chi connectivity index (χ1n) is 13.6. The summed E-state index contributed by atoms with van der Waals surface area (Å²) in [5.41, 5.74) is 0. The molecule has 0 aliphatic carbocycles. The Morgan fingerprint density at radius 1 is 0.310 bits per heavy atom. The topological polar surface area (TPSA) is 0 Å². The van der Waals surface area contributed by atoms with E-state index in [1.165, 1.54) is 153 Å². The Morgan fingerprint density at radius 2 is 0.517 bits per heavy atom. The highest BCUT2D eigenvalue weighted by molar-refractivity contribution is 4.54. The van der Waals surface area contributed by atoms with E-state index in [1.54, 1.807) is 0 Å². The maximum Gasteiger partial charge on any atom is 0.0786 e. The largest absolute Gasteiger partial charge is 1.00 e. The third-order valence-corrected chi connectivity index (χ3v) is 6.69. The molecule has 0 aromatic rings. The van der Waals surface area contributed by atoms with Crippen LogP contribution in [-0.2, 0) is 0 Å². The summed E-state index contributed by atoms with van der Waals surface area (Å²) in [4.78, 5) is 0. The van der Waals surface area contributed by atoms with Crippen molar-refractivity contribution < 1.29 is 21.5 Å². The van der Waals surface area contributed by atoms with Gasteiger partial charge < -0.3 is 21.5 Å². The predicted molar refractivity (Wildman–Crippen MR) is 130 cm³/mol. The monoisotopic (exact) mass is 475 g/mol. The quantitative estimate of drug-likeness (QED) is 0.120. The van der Waals surface area contributed by atoms with E-state index in [2.05, 4.69) is 27.7 Å². The molecule has 0 unspecified atom stereocenters. The summed E-state index contributed by atoms with van der Waals surface area (Å²) in [6.07, 6.45) is 27.3. The fourth-order valence-corrected chi connectivity index (χ4v) is 4.70. The molecule has 0 fully saturated rings. The van der Waals surface area contributed by atoms with Crippen molar-refractivity contribution in [2.75, 3.05) is 26.2 Å². The van der Waals surface area contributed by atoms with Gasteiger partial charge in [-0.15, -0.1) is 0 Å². The molecule has 0 aromatic carbocycles. The predicted octanol–water partition coefficient (Wildman–Crippen LogP) is 6.30. The fourth-order valence-electron chi connectivity index (χ4n) is 4.70. The maximum absolute atomic E-state index is 2.34. The number of hydrogen-bond donors (Lipinski definition) is 0. The normalized spacial score (nSPS) is 11.6. The van der Waals surface area contributed by atoms with Crippen LogP contribution in [-0.4, -0.2) is 30.7 Å². The lowest BCUT2D eigenvalue weighted by Crippen LogP contribution is -3.00. The zero-order chi connectivity index (χ0) is 20.8. The first-order chi connectivity index (χ1) is 13.7. The van der Waals surface area contributed by atoms with Crippen molar-refractivity contribution in [3.63, 3.8) is 0 Å². The van der Waals surface area contributed by atoms with Crippen LogP contribution in [0, 0.1) is 0 Å². The molecule has 0 aliphatic rings. The molecule has 0 saturated heterocycles. The summed E-state index contributed by atoms with van der Waals surface area (Å²) in [7, 11) is 0. The van der Waals surface area contributed by atoms with Gasteiger partial charge in [0.2, 0.25) is 0 Å². The molecule has 0 saturated carbocycles. The van der Waals surface area contributed by atoms with Crippen LogP contribution in [0.25, 0.3) is 0 Å². The molecule has 0 radical (unpaired) electrons. The van der Waals surface area contributed by atoms with Gasteiger partial charge in [-0.05, 0) is 51.4 Å². The van der Waals surface area contributed by atoms with Crippen molar-refractivity contribution in [2.24, 2.45) is 0 Å². The van der Waals surface area contributed by atoms with Crippen molar-refractivity contribution >= 4 is 0 Å². The lowest BCUT2D eigenvalue weighted by atomic mass is 10.1. The van der Waals surface area contributed by atoms with E-state index >= 15 is 0 Å². The van der Waals surface area contributed by atoms with Crippen LogP contribution >= 0.6 is 0 Å². The first kappa shape index (κ1) is 31.6. The number of nitrogens with zero attached hydrogens (tertiary/aromatic N) is 1. The van der Waals surface area contributed by atoms with Gasteiger partial charge in [0.1, 0.15) is 0 Å². The number of hydrogen-bond acceptors (Lipinski definition) is 0. The number of rotatable bonds is 23. The second kappa shape index (κ2) is 24.7. The van der Waals surface area contributed by atoms with Gasteiger partial charge in [-0.3, -0.25) is 0 Å². The highest BCUT2D eigenvalue weighted by Gasteiger charge is 2.25. The Kier molecular flexibility index (Phi) is 26.9. The van der Waals surface area contributed by atoms with Crippen LogP contribution < -0.4 is 17.0 Å². The Bertz CT molecular complexity index is 256. The van der Waals surface area contributed by atoms with Gasteiger partial charge >= 0.3 is 0 Å². The Balaban J connectivity index is 0. The van der Waals surface area contributed by atoms with Gasteiger partial charge in [0.05, 0.1) is 26.2 Å².